The molecule has 0 spiro atoms. The number of hydrogen-bond donors (Lipinski definition) is 3. The van der Waals surface area contributed by atoms with Gasteiger partial charge in [0.05, 0.1) is 11.2 Å². The molecule has 0 unspecified atom stereocenters. The van der Waals surface area contributed by atoms with Gasteiger partial charge in [0, 0.05) is 0 Å². The van der Waals surface area contributed by atoms with Gasteiger partial charge in [-0.1, -0.05) is 0 Å². The number of ether oxygens (including phenoxy) is 2. The molecular weight excluding hydrogens is 288 g/mol. The average molecular weight is 310 g/mol. The van der Waals surface area contributed by atoms with Crippen LogP contribution in [0.4, 0.5) is 0 Å². The first kappa shape index (κ1) is 15.9. The van der Waals surface area contributed by atoms with Gasteiger partial charge < -0.3 is 24.8 Å². The van der Waals surface area contributed by atoms with Crippen LogP contribution < -0.4 is 0 Å². The van der Waals surface area contributed by atoms with E-state index in [1.807, 2.05) is 0 Å². The van der Waals surface area contributed by atoms with Gasteiger partial charge in [-0.15, -0.1) is 23.5 Å². The Morgan fingerprint density at radius 2 is 1.89 bits per heavy atom. The molecule has 0 amide bonds. The number of hydrogen-bond acceptors (Lipinski definition) is 7. The Morgan fingerprint density at radius 3 is 2.47 bits per heavy atom. The summed E-state index contributed by atoms with van der Waals surface area (Å²) in [5, 5.41) is 29.2. The fourth-order valence-corrected chi connectivity index (χ4v) is 5.38. The van der Waals surface area contributed by atoms with Crippen molar-refractivity contribution < 1.29 is 24.8 Å². The number of aliphatic hydroxyl groups is 3. The van der Waals surface area contributed by atoms with Crippen LogP contribution in [0.15, 0.2) is 0 Å². The van der Waals surface area contributed by atoms with Crippen LogP contribution in [-0.4, -0.2) is 68.2 Å². The summed E-state index contributed by atoms with van der Waals surface area (Å²) in [5.74, 6) is 1.24. The van der Waals surface area contributed by atoms with E-state index in [1.54, 1.807) is 37.4 Å². The highest BCUT2D eigenvalue weighted by Gasteiger charge is 2.48. The third-order valence-electron chi connectivity index (χ3n) is 3.20. The van der Waals surface area contributed by atoms with Gasteiger partial charge in [0.25, 0.3) is 0 Å². The van der Waals surface area contributed by atoms with Gasteiger partial charge in [-0.3, -0.25) is 0 Å². The van der Waals surface area contributed by atoms with Crippen molar-refractivity contribution >= 4 is 23.5 Å². The maximum Gasteiger partial charge on any atom is 0.163 e. The molecule has 2 fully saturated rings. The molecule has 112 valence electrons. The minimum Gasteiger partial charge on any atom is -0.394 e. The Balaban J connectivity index is 2.12. The van der Waals surface area contributed by atoms with Crippen molar-refractivity contribution in [2.75, 3.05) is 18.1 Å². The van der Waals surface area contributed by atoms with Crippen LogP contribution in [0.5, 0.6) is 0 Å². The third kappa shape index (κ3) is 3.78. The molecule has 19 heavy (non-hydrogen) atoms. The van der Waals surface area contributed by atoms with Gasteiger partial charge in [0.15, 0.2) is 5.79 Å². The van der Waals surface area contributed by atoms with Gasteiger partial charge in [-0.05, 0) is 31.8 Å². The van der Waals surface area contributed by atoms with Crippen molar-refractivity contribution in [3.05, 3.63) is 0 Å². The van der Waals surface area contributed by atoms with Gasteiger partial charge in [-0.25, -0.2) is 0 Å². The lowest BCUT2D eigenvalue weighted by atomic mass is 10.0. The predicted octanol–water partition coefficient (Wildman–Crippen LogP) is 0.417. The second-order valence-electron chi connectivity index (χ2n) is 5.27. The maximum absolute atomic E-state index is 10.4. The Bertz CT molecular complexity index is 296. The highest BCUT2D eigenvalue weighted by atomic mass is 32.2. The molecule has 2 aliphatic heterocycles. The summed E-state index contributed by atoms with van der Waals surface area (Å²) in [6, 6.07) is 0. The normalized spacial score (nSPS) is 38.1. The third-order valence-corrected chi connectivity index (χ3v) is 6.26. The molecule has 0 aromatic heterocycles. The van der Waals surface area contributed by atoms with Gasteiger partial charge in [0.2, 0.25) is 0 Å². The zero-order valence-corrected chi connectivity index (χ0v) is 12.8. The van der Waals surface area contributed by atoms with E-state index >= 15 is 0 Å². The maximum atomic E-state index is 10.4. The summed E-state index contributed by atoms with van der Waals surface area (Å²) in [5.41, 5.74) is 0. The van der Waals surface area contributed by atoms with E-state index in [1.165, 1.54) is 0 Å². The Labute approximate surface area is 122 Å². The summed E-state index contributed by atoms with van der Waals surface area (Å²) >= 11 is 3.55. The van der Waals surface area contributed by atoms with Crippen LogP contribution in [0.3, 0.4) is 0 Å². The Hall–Kier alpha value is 0.500. The van der Waals surface area contributed by atoms with Crippen LogP contribution >= 0.6 is 23.5 Å². The average Bonchev–Trinajstić information content (AvgIpc) is 2.41. The highest BCUT2D eigenvalue weighted by molar-refractivity contribution is 8.17. The standard InChI is InChI=1S/C12H22O5S2/c1-12(2)16-9(7(14)6-13)8(15)10(17-12)11-18-4-3-5-19-11/h7-11,13-15H,3-6H2,1-2H3/t7-,8-,9-,10-/m1/s1. The van der Waals surface area contributed by atoms with Crippen molar-refractivity contribution in [1.29, 1.82) is 0 Å². The Kier molecular flexibility index (Phi) is 5.44. The number of rotatable bonds is 3. The SMILES string of the molecule is CC1(C)O[C@H]([C@H](O)CO)[C@@H](O)[C@H](C2SCCCS2)O1. The van der Waals surface area contributed by atoms with E-state index in [-0.39, 0.29) is 4.58 Å². The van der Waals surface area contributed by atoms with Crippen LogP contribution in [0.1, 0.15) is 20.3 Å². The minimum absolute atomic E-state index is 0.139. The van der Waals surface area contributed by atoms with Crippen LogP contribution in [-0.2, 0) is 9.47 Å². The smallest absolute Gasteiger partial charge is 0.163 e. The fourth-order valence-electron chi connectivity index (χ4n) is 2.33. The molecule has 0 aromatic carbocycles. The molecule has 4 atom stereocenters. The van der Waals surface area contributed by atoms with Crippen molar-refractivity contribution in [1.82, 2.24) is 0 Å². The van der Waals surface area contributed by atoms with E-state index in [2.05, 4.69) is 0 Å². The zero-order chi connectivity index (χ0) is 14.0. The molecule has 5 nitrogen and oxygen atoms in total. The van der Waals surface area contributed by atoms with Crippen LogP contribution in [0, 0.1) is 0 Å². The molecule has 3 N–H and O–H groups in total. The molecule has 7 heteroatoms. The molecule has 0 aliphatic carbocycles. The minimum atomic E-state index is -1.10. The van der Waals surface area contributed by atoms with Crippen LogP contribution in [0.25, 0.3) is 0 Å². The molecule has 2 heterocycles. The number of aliphatic hydroxyl groups excluding tert-OH is 3. The van der Waals surface area contributed by atoms with E-state index in [4.69, 9.17) is 14.6 Å². The summed E-state index contributed by atoms with van der Waals surface area (Å²) < 4.78 is 11.5. The first-order valence-corrected chi connectivity index (χ1v) is 8.60. The molecule has 0 radical (unpaired) electrons. The molecule has 2 rings (SSSR count). The Morgan fingerprint density at radius 1 is 1.26 bits per heavy atom. The van der Waals surface area contributed by atoms with E-state index in [9.17, 15) is 10.2 Å². The lowest BCUT2D eigenvalue weighted by molar-refractivity contribution is -0.342. The van der Waals surface area contributed by atoms with Crippen molar-refractivity contribution in [2.24, 2.45) is 0 Å². The first-order chi connectivity index (χ1) is 8.94. The molecule has 0 saturated carbocycles. The summed E-state index contributed by atoms with van der Waals surface area (Å²) in [7, 11) is 0. The monoisotopic (exact) mass is 310 g/mol. The summed E-state index contributed by atoms with van der Waals surface area (Å²) in [6.07, 6.45) is -2.08. The highest BCUT2D eigenvalue weighted by Crippen LogP contribution is 2.40. The number of thioether (sulfide) groups is 2. The van der Waals surface area contributed by atoms with Crippen molar-refractivity contribution in [3.63, 3.8) is 0 Å². The van der Waals surface area contributed by atoms with Crippen molar-refractivity contribution in [2.45, 2.75) is 55.1 Å². The molecule has 2 saturated heterocycles. The van der Waals surface area contributed by atoms with Gasteiger partial charge >= 0.3 is 0 Å². The van der Waals surface area contributed by atoms with E-state index in [0.29, 0.717) is 0 Å². The molecular formula is C12H22O5S2. The first-order valence-electron chi connectivity index (χ1n) is 6.50. The van der Waals surface area contributed by atoms with E-state index in [0.717, 1.165) is 17.9 Å². The second kappa shape index (κ2) is 6.51. The topological polar surface area (TPSA) is 79.2 Å². The lowest BCUT2D eigenvalue weighted by Gasteiger charge is -2.47. The zero-order valence-electron chi connectivity index (χ0n) is 11.2. The largest absolute Gasteiger partial charge is 0.394 e. The predicted molar refractivity (Wildman–Crippen MR) is 76.2 cm³/mol. The van der Waals surface area contributed by atoms with Gasteiger partial charge in [-0.2, -0.15) is 0 Å². The molecule has 0 bridgehead atoms. The van der Waals surface area contributed by atoms with Gasteiger partial charge in [0.1, 0.15) is 24.4 Å². The second-order valence-corrected chi connectivity index (χ2v) is 8.07. The van der Waals surface area contributed by atoms with Crippen LogP contribution in [0.2, 0.25) is 0 Å². The molecule has 0 aromatic rings. The van der Waals surface area contributed by atoms with Crippen molar-refractivity contribution in [3.8, 4) is 0 Å². The molecule has 2 aliphatic rings. The summed E-state index contributed by atoms with van der Waals surface area (Å²) in [4.78, 5) is 0. The fraction of sp³-hybridized carbons (Fsp3) is 1.00. The van der Waals surface area contributed by atoms with E-state index < -0.39 is 36.8 Å². The lowest BCUT2D eigenvalue weighted by Crippen LogP contribution is -2.61. The quantitative estimate of drug-likeness (QED) is 0.697. The summed E-state index contributed by atoms with van der Waals surface area (Å²) in [6.45, 7) is 3.09.